The van der Waals surface area contributed by atoms with Crippen LogP contribution in [0.5, 0.6) is 0 Å². The minimum Gasteiger partial charge on any atom is -0.383 e. The van der Waals surface area contributed by atoms with Crippen LogP contribution in [0.4, 0.5) is 5.82 Å². The van der Waals surface area contributed by atoms with E-state index in [1.807, 2.05) is 20.8 Å². The summed E-state index contributed by atoms with van der Waals surface area (Å²) in [5.41, 5.74) is 11.6. The molecule has 1 heterocycles. The number of nitrogens with two attached hydrogens (primary N) is 2. The van der Waals surface area contributed by atoms with E-state index in [1.54, 1.807) is 6.20 Å². The van der Waals surface area contributed by atoms with Crippen LogP contribution in [0.15, 0.2) is 6.20 Å². The molecule has 1 unspecified atom stereocenters. The van der Waals surface area contributed by atoms with Gasteiger partial charge in [0.15, 0.2) is 5.82 Å². The molecule has 16 heavy (non-hydrogen) atoms. The Morgan fingerprint density at radius 2 is 2.12 bits per heavy atom. The fourth-order valence-electron chi connectivity index (χ4n) is 1.48. The first-order chi connectivity index (χ1) is 7.57. The quantitative estimate of drug-likeness (QED) is 0.784. The molecular formula is C11H20N4O. The van der Waals surface area contributed by atoms with Gasteiger partial charge in [0.25, 0.3) is 0 Å². The second-order valence-corrected chi connectivity index (χ2v) is 3.83. The molecule has 0 aromatic carbocycles. The van der Waals surface area contributed by atoms with Crippen molar-refractivity contribution < 1.29 is 4.74 Å². The fraction of sp³-hybridized carbons (Fsp3) is 0.636. The van der Waals surface area contributed by atoms with Crippen LogP contribution in [0.1, 0.15) is 38.6 Å². The van der Waals surface area contributed by atoms with Crippen molar-refractivity contribution in [3.8, 4) is 0 Å². The molecule has 0 amide bonds. The van der Waals surface area contributed by atoms with E-state index in [-0.39, 0.29) is 0 Å². The first-order valence-electron chi connectivity index (χ1n) is 5.53. The molecule has 0 aliphatic rings. The van der Waals surface area contributed by atoms with Crippen molar-refractivity contribution in [1.29, 1.82) is 0 Å². The summed E-state index contributed by atoms with van der Waals surface area (Å²) in [6, 6.07) is 0. The van der Waals surface area contributed by atoms with Crippen LogP contribution >= 0.6 is 0 Å². The number of rotatable bonds is 5. The van der Waals surface area contributed by atoms with Gasteiger partial charge < -0.3 is 16.2 Å². The van der Waals surface area contributed by atoms with Crippen molar-refractivity contribution in [2.24, 2.45) is 5.73 Å². The number of nitrogens with zero attached hydrogens (tertiary/aromatic N) is 2. The summed E-state index contributed by atoms with van der Waals surface area (Å²) in [6.07, 6.45) is 2.47. The molecule has 1 aromatic rings. The van der Waals surface area contributed by atoms with E-state index in [2.05, 4.69) is 9.97 Å². The van der Waals surface area contributed by atoms with E-state index < -0.39 is 5.60 Å². The second-order valence-electron chi connectivity index (χ2n) is 3.83. The van der Waals surface area contributed by atoms with E-state index in [9.17, 15) is 0 Å². The molecule has 1 rings (SSSR count). The lowest BCUT2D eigenvalue weighted by Crippen LogP contribution is -2.28. The van der Waals surface area contributed by atoms with Crippen molar-refractivity contribution in [3.63, 3.8) is 0 Å². The normalized spacial score (nSPS) is 14.8. The third-order valence-electron chi connectivity index (χ3n) is 2.73. The lowest BCUT2D eigenvalue weighted by molar-refractivity contribution is -0.0389. The largest absolute Gasteiger partial charge is 0.383 e. The van der Waals surface area contributed by atoms with Crippen LogP contribution in [0, 0.1) is 0 Å². The maximum Gasteiger partial charge on any atom is 0.162 e. The van der Waals surface area contributed by atoms with Crippen molar-refractivity contribution >= 4 is 5.82 Å². The summed E-state index contributed by atoms with van der Waals surface area (Å²) in [5, 5.41) is 0. The minimum absolute atomic E-state index is 0.351. The maximum atomic E-state index is 5.79. The average Bonchev–Trinajstić information content (AvgIpc) is 2.29. The molecule has 0 saturated carbocycles. The van der Waals surface area contributed by atoms with Gasteiger partial charge in [0, 0.05) is 24.9 Å². The summed E-state index contributed by atoms with van der Waals surface area (Å²) in [5.74, 6) is 1.05. The molecule has 5 heteroatoms. The van der Waals surface area contributed by atoms with Crippen LogP contribution in [0.25, 0.3) is 0 Å². The number of aromatic nitrogens is 2. The zero-order valence-electron chi connectivity index (χ0n) is 10.2. The van der Waals surface area contributed by atoms with Gasteiger partial charge in [0.1, 0.15) is 11.4 Å². The summed E-state index contributed by atoms with van der Waals surface area (Å²) in [6.45, 7) is 6.92. The standard InChI is InChI=1S/C11H20N4O/c1-4-11(3,16-5-2)10-14-7-8(6-12)9(13)15-10/h7H,4-6,12H2,1-3H3,(H2,13,14,15). The summed E-state index contributed by atoms with van der Waals surface area (Å²) >= 11 is 0. The Labute approximate surface area is 96.2 Å². The van der Waals surface area contributed by atoms with Crippen LogP contribution in [0.3, 0.4) is 0 Å². The average molecular weight is 224 g/mol. The molecule has 0 spiro atoms. The summed E-state index contributed by atoms with van der Waals surface area (Å²) in [4.78, 5) is 8.54. The third kappa shape index (κ3) is 2.48. The molecule has 0 fully saturated rings. The predicted octanol–water partition coefficient (Wildman–Crippen LogP) is 1.18. The first kappa shape index (κ1) is 12.9. The molecule has 0 aliphatic carbocycles. The SMILES string of the molecule is CCOC(C)(CC)c1ncc(CN)c(N)n1. The second kappa shape index (κ2) is 5.23. The highest BCUT2D eigenvalue weighted by molar-refractivity contribution is 5.37. The van der Waals surface area contributed by atoms with Crippen LogP contribution < -0.4 is 11.5 Å². The van der Waals surface area contributed by atoms with Crippen molar-refractivity contribution in [1.82, 2.24) is 9.97 Å². The molecule has 90 valence electrons. The predicted molar refractivity (Wildman–Crippen MR) is 63.6 cm³/mol. The van der Waals surface area contributed by atoms with E-state index in [0.29, 0.717) is 24.8 Å². The molecule has 1 aromatic heterocycles. The molecule has 0 aliphatic heterocycles. The Balaban J connectivity index is 3.07. The van der Waals surface area contributed by atoms with Crippen LogP contribution in [-0.2, 0) is 16.9 Å². The van der Waals surface area contributed by atoms with Crippen LogP contribution in [-0.4, -0.2) is 16.6 Å². The van der Waals surface area contributed by atoms with Crippen molar-refractivity contribution in [3.05, 3.63) is 17.6 Å². The van der Waals surface area contributed by atoms with Gasteiger partial charge in [-0.15, -0.1) is 0 Å². The Kier molecular flexibility index (Phi) is 4.20. The van der Waals surface area contributed by atoms with Crippen molar-refractivity contribution in [2.45, 2.75) is 39.3 Å². The van der Waals surface area contributed by atoms with Gasteiger partial charge in [-0.25, -0.2) is 9.97 Å². The maximum absolute atomic E-state index is 5.79. The zero-order valence-corrected chi connectivity index (χ0v) is 10.2. The molecule has 1 atom stereocenters. The van der Waals surface area contributed by atoms with E-state index in [4.69, 9.17) is 16.2 Å². The summed E-state index contributed by atoms with van der Waals surface area (Å²) in [7, 11) is 0. The van der Waals surface area contributed by atoms with Gasteiger partial charge >= 0.3 is 0 Å². The zero-order chi connectivity index (χ0) is 12.2. The van der Waals surface area contributed by atoms with E-state index in [1.165, 1.54) is 0 Å². The number of nitrogen functional groups attached to an aromatic ring is 1. The lowest BCUT2D eigenvalue weighted by atomic mass is 10.0. The molecule has 5 nitrogen and oxygen atoms in total. The molecule has 0 bridgehead atoms. The number of anilines is 1. The highest BCUT2D eigenvalue weighted by Crippen LogP contribution is 2.26. The Morgan fingerprint density at radius 3 is 2.56 bits per heavy atom. The van der Waals surface area contributed by atoms with Crippen LogP contribution in [0.2, 0.25) is 0 Å². The van der Waals surface area contributed by atoms with Gasteiger partial charge in [-0.3, -0.25) is 0 Å². The molecule has 4 N–H and O–H groups in total. The Bertz CT molecular complexity index is 356. The van der Waals surface area contributed by atoms with E-state index in [0.717, 1.165) is 12.0 Å². The Hall–Kier alpha value is -1.20. The molecular weight excluding hydrogens is 204 g/mol. The van der Waals surface area contributed by atoms with Gasteiger partial charge in [0.2, 0.25) is 0 Å². The van der Waals surface area contributed by atoms with E-state index >= 15 is 0 Å². The van der Waals surface area contributed by atoms with Gasteiger partial charge in [-0.05, 0) is 20.3 Å². The minimum atomic E-state index is -0.476. The van der Waals surface area contributed by atoms with Gasteiger partial charge in [-0.2, -0.15) is 0 Å². The number of hydrogen-bond donors (Lipinski definition) is 2. The monoisotopic (exact) mass is 224 g/mol. The summed E-state index contributed by atoms with van der Waals surface area (Å²) < 4.78 is 5.68. The van der Waals surface area contributed by atoms with Gasteiger partial charge in [-0.1, -0.05) is 6.92 Å². The van der Waals surface area contributed by atoms with Crippen molar-refractivity contribution in [2.75, 3.05) is 12.3 Å². The topological polar surface area (TPSA) is 87.0 Å². The molecule has 0 radical (unpaired) electrons. The highest BCUT2D eigenvalue weighted by atomic mass is 16.5. The first-order valence-corrected chi connectivity index (χ1v) is 5.53. The fourth-order valence-corrected chi connectivity index (χ4v) is 1.48. The number of ether oxygens (including phenoxy) is 1. The van der Waals surface area contributed by atoms with Gasteiger partial charge in [0.05, 0.1) is 0 Å². The smallest absolute Gasteiger partial charge is 0.162 e. The molecule has 0 saturated heterocycles. The Morgan fingerprint density at radius 1 is 1.44 bits per heavy atom. The highest BCUT2D eigenvalue weighted by Gasteiger charge is 2.28. The number of hydrogen-bond acceptors (Lipinski definition) is 5. The lowest BCUT2D eigenvalue weighted by Gasteiger charge is -2.26. The third-order valence-corrected chi connectivity index (χ3v) is 2.73.